The largest absolute Gasteiger partial charge is 0.340 e. The van der Waals surface area contributed by atoms with E-state index >= 15 is 0 Å². The fraction of sp³-hybridized carbons (Fsp3) is 0.111. The molecular formula is C9H8FN2. The molecule has 0 aliphatic rings. The standard InChI is InChI=1S/C9H8FN2/c1-6-3-2-4-7-9(6)12-8(5-10)11-7/h2-4H,1,5H2,(H,11,12). The number of para-hydroxylation sites is 1. The molecule has 1 aromatic carbocycles. The lowest BCUT2D eigenvalue weighted by Crippen LogP contribution is -1.78. The van der Waals surface area contributed by atoms with E-state index < -0.39 is 6.67 Å². The molecule has 0 spiro atoms. The van der Waals surface area contributed by atoms with Crippen LogP contribution in [0.2, 0.25) is 0 Å². The maximum absolute atomic E-state index is 12.2. The topological polar surface area (TPSA) is 28.7 Å². The Bertz CT molecular complexity index is 406. The van der Waals surface area contributed by atoms with Crippen molar-refractivity contribution in [3.05, 3.63) is 36.5 Å². The molecule has 3 heteroatoms. The molecule has 0 saturated carbocycles. The molecule has 1 radical (unpaired) electrons. The number of hydrogen-bond donors (Lipinski definition) is 1. The number of fused-ring (bicyclic) bond motifs is 1. The monoisotopic (exact) mass is 163 g/mol. The zero-order valence-corrected chi connectivity index (χ0v) is 6.47. The summed E-state index contributed by atoms with van der Waals surface area (Å²) in [5, 5.41) is 0. The first-order chi connectivity index (χ1) is 5.81. The molecule has 0 saturated heterocycles. The minimum Gasteiger partial charge on any atom is -0.340 e. The van der Waals surface area contributed by atoms with Crippen LogP contribution in [0.3, 0.4) is 0 Å². The van der Waals surface area contributed by atoms with Crippen molar-refractivity contribution in [2.45, 2.75) is 6.67 Å². The van der Waals surface area contributed by atoms with Crippen LogP contribution in [0, 0.1) is 6.92 Å². The average Bonchev–Trinajstić information content (AvgIpc) is 2.49. The first-order valence-corrected chi connectivity index (χ1v) is 3.67. The molecule has 0 aliphatic carbocycles. The first kappa shape index (κ1) is 7.28. The third-order valence-corrected chi connectivity index (χ3v) is 1.77. The Morgan fingerprint density at radius 3 is 3.00 bits per heavy atom. The molecule has 0 unspecified atom stereocenters. The van der Waals surface area contributed by atoms with Crippen LogP contribution in [0.4, 0.5) is 4.39 Å². The van der Waals surface area contributed by atoms with Crippen molar-refractivity contribution in [1.29, 1.82) is 0 Å². The van der Waals surface area contributed by atoms with Crippen molar-refractivity contribution in [2.75, 3.05) is 0 Å². The summed E-state index contributed by atoms with van der Waals surface area (Å²) in [5.41, 5.74) is 2.42. The molecule has 2 rings (SSSR count). The van der Waals surface area contributed by atoms with Crippen LogP contribution in [0.5, 0.6) is 0 Å². The van der Waals surface area contributed by atoms with Crippen molar-refractivity contribution in [1.82, 2.24) is 9.97 Å². The summed E-state index contributed by atoms with van der Waals surface area (Å²) in [6, 6.07) is 5.58. The molecule has 1 N–H and O–H groups in total. The normalized spacial score (nSPS) is 10.8. The van der Waals surface area contributed by atoms with Crippen molar-refractivity contribution < 1.29 is 4.39 Å². The number of alkyl halides is 1. The smallest absolute Gasteiger partial charge is 0.147 e. The van der Waals surface area contributed by atoms with E-state index in [1.165, 1.54) is 0 Å². The summed E-state index contributed by atoms with van der Waals surface area (Å²) in [6.45, 7) is 3.23. The Morgan fingerprint density at radius 2 is 2.33 bits per heavy atom. The van der Waals surface area contributed by atoms with Gasteiger partial charge in [0.15, 0.2) is 0 Å². The van der Waals surface area contributed by atoms with E-state index in [-0.39, 0.29) is 0 Å². The molecule has 0 amide bonds. The van der Waals surface area contributed by atoms with Crippen LogP contribution < -0.4 is 0 Å². The summed E-state index contributed by atoms with van der Waals surface area (Å²) >= 11 is 0. The molecule has 0 aliphatic heterocycles. The quantitative estimate of drug-likeness (QED) is 0.686. The predicted molar refractivity (Wildman–Crippen MR) is 45.4 cm³/mol. The summed E-state index contributed by atoms with van der Waals surface area (Å²) in [6.07, 6.45) is 0. The zero-order chi connectivity index (χ0) is 8.55. The number of aromatic amines is 1. The second kappa shape index (κ2) is 2.59. The molecule has 0 bridgehead atoms. The Labute approximate surface area is 69.4 Å². The number of rotatable bonds is 1. The van der Waals surface area contributed by atoms with Gasteiger partial charge in [-0.05, 0) is 18.6 Å². The Kier molecular flexibility index (Phi) is 1.57. The maximum atomic E-state index is 12.2. The highest BCUT2D eigenvalue weighted by molar-refractivity contribution is 5.79. The molecular weight excluding hydrogens is 155 g/mol. The number of imidazole rings is 1. The van der Waals surface area contributed by atoms with Gasteiger partial charge in [-0.3, -0.25) is 0 Å². The average molecular weight is 163 g/mol. The van der Waals surface area contributed by atoms with E-state index in [1.807, 2.05) is 18.2 Å². The molecule has 0 fully saturated rings. The van der Waals surface area contributed by atoms with Gasteiger partial charge in [0.1, 0.15) is 12.5 Å². The van der Waals surface area contributed by atoms with Gasteiger partial charge in [-0.2, -0.15) is 0 Å². The van der Waals surface area contributed by atoms with Gasteiger partial charge in [0, 0.05) is 0 Å². The minimum absolute atomic E-state index is 0.362. The third kappa shape index (κ3) is 0.978. The van der Waals surface area contributed by atoms with Crippen molar-refractivity contribution in [3.63, 3.8) is 0 Å². The van der Waals surface area contributed by atoms with E-state index in [0.29, 0.717) is 5.82 Å². The fourth-order valence-corrected chi connectivity index (χ4v) is 1.21. The number of halogens is 1. The van der Waals surface area contributed by atoms with Crippen LogP contribution >= 0.6 is 0 Å². The van der Waals surface area contributed by atoms with E-state index in [0.717, 1.165) is 16.6 Å². The maximum Gasteiger partial charge on any atom is 0.147 e. The van der Waals surface area contributed by atoms with Gasteiger partial charge < -0.3 is 4.98 Å². The van der Waals surface area contributed by atoms with Crippen LogP contribution in [0.15, 0.2) is 18.2 Å². The number of H-pyrrole nitrogens is 1. The number of nitrogens with one attached hydrogen (secondary N) is 1. The van der Waals surface area contributed by atoms with E-state index in [4.69, 9.17) is 0 Å². The lowest BCUT2D eigenvalue weighted by Gasteiger charge is -1.90. The Balaban J connectivity index is 2.74. The molecule has 1 aromatic heterocycles. The molecule has 1 heterocycles. The van der Waals surface area contributed by atoms with E-state index in [9.17, 15) is 4.39 Å². The summed E-state index contributed by atoms with van der Waals surface area (Å²) in [7, 11) is 0. The van der Waals surface area contributed by atoms with Crippen LogP contribution in [-0.4, -0.2) is 9.97 Å². The summed E-state index contributed by atoms with van der Waals surface area (Å²) in [5.74, 6) is 0.362. The van der Waals surface area contributed by atoms with Gasteiger partial charge in [0.05, 0.1) is 11.0 Å². The molecule has 2 aromatic rings. The summed E-state index contributed by atoms with van der Waals surface area (Å²) < 4.78 is 12.2. The van der Waals surface area contributed by atoms with Gasteiger partial charge in [-0.15, -0.1) is 0 Å². The second-order valence-electron chi connectivity index (χ2n) is 2.63. The SMILES string of the molecule is [CH2]c1cccc2[nH]c(CF)nc12. The highest BCUT2D eigenvalue weighted by atomic mass is 19.1. The Hall–Kier alpha value is -1.38. The number of nitrogens with zero attached hydrogens (tertiary/aromatic N) is 1. The number of aromatic nitrogens is 2. The van der Waals surface area contributed by atoms with Gasteiger partial charge in [-0.25, -0.2) is 9.37 Å². The van der Waals surface area contributed by atoms with Crippen molar-refractivity contribution in [2.24, 2.45) is 0 Å². The Morgan fingerprint density at radius 1 is 1.50 bits per heavy atom. The van der Waals surface area contributed by atoms with Crippen molar-refractivity contribution in [3.8, 4) is 0 Å². The van der Waals surface area contributed by atoms with Crippen LogP contribution in [0.1, 0.15) is 11.4 Å². The highest BCUT2D eigenvalue weighted by Gasteiger charge is 2.02. The minimum atomic E-state index is -0.561. The van der Waals surface area contributed by atoms with Crippen molar-refractivity contribution >= 4 is 11.0 Å². The lowest BCUT2D eigenvalue weighted by molar-refractivity contribution is 0.469. The number of benzene rings is 1. The van der Waals surface area contributed by atoms with Gasteiger partial charge in [-0.1, -0.05) is 12.1 Å². The summed E-state index contributed by atoms with van der Waals surface area (Å²) in [4.78, 5) is 6.90. The lowest BCUT2D eigenvalue weighted by atomic mass is 10.2. The van der Waals surface area contributed by atoms with Crippen LogP contribution in [0.25, 0.3) is 11.0 Å². The van der Waals surface area contributed by atoms with E-state index in [2.05, 4.69) is 16.9 Å². The van der Waals surface area contributed by atoms with E-state index in [1.54, 1.807) is 0 Å². The zero-order valence-electron chi connectivity index (χ0n) is 6.47. The third-order valence-electron chi connectivity index (χ3n) is 1.77. The first-order valence-electron chi connectivity index (χ1n) is 3.67. The van der Waals surface area contributed by atoms with Crippen LogP contribution in [-0.2, 0) is 6.67 Å². The molecule has 2 nitrogen and oxygen atoms in total. The van der Waals surface area contributed by atoms with Gasteiger partial charge in [0.2, 0.25) is 0 Å². The van der Waals surface area contributed by atoms with Gasteiger partial charge in [0.25, 0.3) is 0 Å². The molecule has 61 valence electrons. The highest BCUT2D eigenvalue weighted by Crippen LogP contribution is 2.15. The molecule has 12 heavy (non-hydrogen) atoms. The van der Waals surface area contributed by atoms with Gasteiger partial charge >= 0.3 is 0 Å². The fourth-order valence-electron chi connectivity index (χ4n) is 1.21. The molecule has 0 atom stereocenters. The predicted octanol–water partition coefficient (Wildman–Crippen LogP) is 2.21. The second-order valence-corrected chi connectivity index (χ2v) is 2.63. The number of hydrogen-bond acceptors (Lipinski definition) is 1.